The molecule has 0 saturated carbocycles. The van der Waals surface area contributed by atoms with Crippen LogP contribution < -0.4 is 5.73 Å². The highest BCUT2D eigenvalue weighted by atomic mass is 79.9. The van der Waals surface area contributed by atoms with Crippen molar-refractivity contribution < 1.29 is 9.59 Å². The molecule has 1 aromatic carbocycles. The molecule has 0 bridgehead atoms. The molecule has 2 rings (SSSR count). The molecule has 0 spiro atoms. The van der Waals surface area contributed by atoms with Gasteiger partial charge in [0.15, 0.2) is 0 Å². The van der Waals surface area contributed by atoms with Crippen LogP contribution >= 0.6 is 27.7 Å². The normalized spacial score (nSPS) is 15.5. The van der Waals surface area contributed by atoms with E-state index in [-0.39, 0.29) is 11.8 Å². The van der Waals surface area contributed by atoms with Gasteiger partial charge in [0, 0.05) is 40.2 Å². The number of nitrogens with two attached hydrogens (primary N) is 1. The second-order valence-corrected chi connectivity index (χ2v) is 5.97. The lowest BCUT2D eigenvalue weighted by molar-refractivity contribution is -0.137. The highest BCUT2D eigenvalue weighted by Crippen LogP contribution is 2.29. The summed E-state index contributed by atoms with van der Waals surface area (Å²) in [5.41, 5.74) is 6.36. The van der Waals surface area contributed by atoms with Crippen LogP contribution in [0.5, 0.6) is 0 Å². The summed E-state index contributed by atoms with van der Waals surface area (Å²) in [5.74, 6) is 0.578. The Morgan fingerprint density at radius 3 is 2.56 bits per heavy atom. The average Bonchev–Trinajstić information content (AvgIpc) is 2.63. The molecule has 1 heterocycles. The quantitative estimate of drug-likeness (QED) is 0.523. The van der Waals surface area contributed by atoms with Gasteiger partial charge in [0.2, 0.25) is 11.8 Å². The summed E-state index contributed by atoms with van der Waals surface area (Å²) in [6, 6.07) is 5.60. The first kappa shape index (κ1) is 13.4. The fraction of sp³-hybridized carbons (Fsp3) is 0.333. The molecule has 1 aromatic rings. The number of imide groups is 1. The molecule has 96 valence electrons. The van der Waals surface area contributed by atoms with Crippen molar-refractivity contribution in [2.24, 2.45) is 0 Å². The minimum atomic E-state index is -0.0584. The van der Waals surface area contributed by atoms with Crippen molar-refractivity contribution >= 4 is 45.2 Å². The van der Waals surface area contributed by atoms with Crippen LogP contribution in [-0.4, -0.2) is 29.0 Å². The molecule has 6 heteroatoms. The van der Waals surface area contributed by atoms with Crippen LogP contribution in [0.2, 0.25) is 0 Å². The maximum Gasteiger partial charge on any atom is 0.229 e. The highest BCUT2D eigenvalue weighted by molar-refractivity contribution is 9.10. The van der Waals surface area contributed by atoms with Crippen molar-refractivity contribution in [1.29, 1.82) is 0 Å². The van der Waals surface area contributed by atoms with Gasteiger partial charge in [-0.1, -0.05) is 0 Å². The zero-order chi connectivity index (χ0) is 13.1. The smallest absolute Gasteiger partial charge is 0.229 e. The van der Waals surface area contributed by atoms with Crippen LogP contribution in [0.25, 0.3) is 0 Å². The van der Waals surface area contributed by atoms with Crippen LogP contribution in [0.4, 0.5) is 5.69 Å². The van der Waals surface area contributed by atoms with Crippen LogP contribution in [0.3, 0.4) is 0 Å². The topological polar surface area (TPSA) is 63.4 Å². The fourth-order valence-corrected chi connectivity index (χ4v) is 3.35. The SMILES string of the molecule is Nc1ccc(SCCN2C(=O)CCC2=O)c(Br)c1. The number of amides is 2. The third-order valence-electron chi connectivity index (χ3n) is 2.68. The van der Waals surface area contributed by atoms with Crippen molar-refractivity contribution in [3.05, 3.63) is 22.7 Å². The number of anilines is 1. The average molecular weight is 329 g/mol. The van der Waals surface area contributed by atoms with E-state index in [1.165, 1.54) is 4.90 Å². The summed E-state index contributed by atoms with van der Waals surface area (Å²) in [6.07, 6.45) is 0.712. The van der Waals surface area contributed by atoms with Gasteiger partial charge >= 0.3 is 0 Å². The largest absolute Gasteiger partial charge is 0.399 e. The fourth-order valence-electron chi connectivity index (χ4n) is 1.75. The van der Waals surface area contributed by atoms with E-state index in [0.29, 0.717) is 30.8 Å². The maximum atomic E-state index is 11.4. The zero-order valence-corrected chi connectivity index (χ0v) is 12.1. The molecule has 4 nitrogen and oxygen atoms in total. The first-order chi connectivity index (χ1) is 8.58. The Morgan fingerprint density at radius 2 is 1.94 bits per heavy atom. The van der Waals surface area contributed by atoms with Crippen molar-refractivity contribution in [2.75, 3.05) is 18.0 Å². The molecule has 0 aromatic heterocycles. The molecule has 2 amide bonds. The van der Waals surface area contributed by atoms with Gasteiger partial charge in [-0.05, 0) is 34.1 Å². The summed E-state index contributed by atoms with van der Waals surface area (Å²) < 4.78 is 0.937. The minimum Gasteiger partial charge on any atom is -0.399 e. The summed E-state index contributed by atoms with van der Waals surface area (Å²) >= 11 is 5.03. The monoisotopic (exact) mass is 328 g/mol. The van der Waals surface area contributed by atoms with E-state index in [4.69, 9.17) is 5.73 Å². The number of benzene rings is 1. The molecule has 1 saturated heterocycles. The van der Waals surface area contributed by atoms with Gasteiger partial charge in [-0.2, -0.15) is 0 Å². The lowest BCUT2D eigenvalue weighted by atomic mass is 10.3. The van der Waals surface area contributed by atoms with E-state index in [1.54, 1.807) is 11.8 Å². The molecular weight excluding hydrogens is 316 g/mol. The first-order valence-electron chi connectivity index (χ1n) is 5.59. The van der Waals surface area contributed by atoms with Gasteiger partial charge in [-0.15, -0.1) is 11.8 Å². The van der Waals surface area contributed by atoms with Crippen LogP contribution in [0, 0.1) is 0 Å². The summed E-state index contributed by atoms with van der Waals surface area (Å²) in [6.45, 7) is 0.471. The molecule has 0 atom stereocenters. The Hall–Kier alpha value is -1.01. The maximum absolute atomic E-state index is 11.4. The molecular formula is C12H13BrN2O2S. The van der Waals surface area contributed by atoms with E-state index in [9.17, 15) is 9.59 Å². The molecule has 18 heavy (non-hydrogen) atoms. The Kier molecular flexibility index (Phi) is 4.29. The number of thioether (sulfide) groups is 1. The van der Waals surface area contributed by atoms with Gasteiger partial charge in [0.1, 0.15) is 0 Å². The van der Waals surface area contributed by atoms with Gasteiger partial charge < -0.3 is 5.73 Å². The lowest BCUT2D eigenvalue weighted by Gasteiger charge is -2.13. The zero-order valence-electron chi connectivity index (χ0n) is 9.69. The summed E-state index contributed by atoms with van der Waals surface area (Å²) in [4.78, 5) is 25.2. The third-order valence-corrected chi connectivity index (χ3v) is 4.66. The summed E-state index contributed by atoms with van der Waals surface area (Å²) in [5, 5.41) is 0. The molecule has 1 aliphatic rings. The molecule has 2 N–H and O–H groups in total. The van der Waals surface area contributed by atoms with Gasteiger partial charge in [-0.3, -0.25) is 14.5 Å². The number of rotatable bonds is 4. The summed E-state index contributed by atoms with van der Waals surface area (Å²) in [7, 11) is 0. The molecule has 0 unspecified atom stereocenters. The van der Waals surface area contributed by atoms with Crippen LogP contribution in [-0.2, 0) is 9.59 Å². The number of halogens is 1. The number of likely N-dealkylation sites (tertiary alicyclic amines) is 1. The number of carbonyl (C=O) groups is 2. The van der Waals surface area contributed by atoms with Gasteiger partial charge in [-0.25, -0.2) is 0 Å². The minimum absolute atomic E-state index is 0.0584. The van der Waals surface area contributed by atoms with Crippen molar-refractivity contribution in [3.8, 4) is 0 Å². The molecule has 0 aliphatic carbocycles. The van der Waals surface area contributed by atoms with Crippen molar-refractivity contribution in [2.45, 2.75) is 17.7 Å². The predicted molar refractivity (Wildman–Crippen MR) is 75.2 cm³/mol. The second-order valence-electron chi connectivity index (χ2n) is 3.98. The number of hydrogen-bond acceptors (Lipinski definition) is 4. The van der Waals surface area contributed by atoms with Crippen molar-refractivity contribution in [3.63, 3.8) is 0 Å². The predicted octanol–water partition coefficient (Wildman–Crippen LogP) is 2.27. The number of carbonyl (C=O) groups excluding carboxylic acids is 2. The Labute approximate surface area is 118 Å². The standard InChI is InChI=1S/C12H13BrN2O2S/c13-9-7-8(14)1-2-10(9)18-6-5-15-11(16)3-4-12(15)17/h1-2,7H,3-6,14H2. The van der Waals surface area contributed by atoms with E-state index in [2.05, 4.69) is 15.9 Å². The Bertz CT molecular complexity index is 477. The number of nitrogens with zero attached hydrogens (tertiary/aromatic N) is 1. The van der Waals surface area contributed by atoms with E-state index in [0.717, 1.165) is 9.37 Å². The van der Waals surface area contributed by atoms with E-state index >= 15 is 0 Å². The van der Waals surface area contributed by atoms with Crippen LogP contribution in [0.1, 0.15) is 12.8 Å². The lowest BCUT2D eigenvalue weighted by Crippen LogP contribution is -2.31. The Balaban J connectivity index is 1.88. The molecule has 0 radical (unpaired) electrons. The molecule has 1 fully saturated rings. The number of hydrogen-bond donors (Lipinski definition) is 1. The molecule has 1 aliphatic heterocycles. The van der Waals surface area contributed by atoms with Crippen LogP contribution in [0.15, 0.2) is 27.6 Å². The third kappa shape index (κ3) is 3.05. The van der Waals surface area contributed by atoms with E-state index in [1.807, 2.05) is 18.2 Å². The second kappa shape index (κ2) is 5.75. The van der Waals surface area contributed by atoms with E-state index < -0.39 is 0 Å². The van der Waals surface area contributed by atoms with Gasteiger partial charge in [0.25, 0.3) is 0 Å². The number of nitrogen functional groups attached to an aromatic ring is 1. The van der Waals surface area contributed by atoms with Gasteiger partial charge in [0.05, 0.1) is 0 Å². The Morgan fingerprint density at radius 1 is 1.28 bits per heavy atom. The first-order valence-corrected chi connectivity index (χ1v) is 7.37. The highest BCUT2D eigenvalue weighted by Gasteiger charge is 2.28. The van der Waals surface area contributed by atoms with Crippen molar-refractivity contribution in [1.82, 2.24) is 4.90 Å².